The molecule has 0 saturated carbocycles. The fourth-order valence-corrected chi connectivity index (χ4v) is 3.36. The Labute approximate surface area is 135 Å². The lowest BCUT2D eigenvalue weighted by Gasteiger charge is -2.15. The van der Waals surface area contributed by atoms with E-state index < -0.39 is 0 Å². The molecule has 0 amide bonds. The maximum absolute atomic E-state index is 6.58. The van der Waals surface area contributed by atoms with E-state index in [1.807, 2.05) is 24.3 Å². The first kappa shape index (κ1) is 14.9. The van der Waals surface area contributed by atoms with Gasteiger partial charge in [-0.2, -0.15) is 0 Å². The minimum Gasteiger partial charge on any atom is -0.496 e. The van der Waals surface area contributed by atoms with Gasteiger partial charge in [-0.1, -0.05) is 28.1 Å². The Kier molecular flexibility index (Phi) is 4.93. The third kappa shape index (κ3) is 3.33. The Morgan fingerprint density at radius 2 is 1.84 bits per heavy atom. The van der Waals surface area contributed by atoms with Crippen molar-refractivity contribution < 1.29 is 4.74 Å². The van der Waals surface area contributed by atoms with Crippen LogP contribution in [0, 0.1) is 6.92 Å². The first-order valence-corrected chi connectivity index (χ1v) is 7.78. The molecule has 0 bridgehead atoms. The van der Waals surface area contributed by atoms with Crippen molar-refractivity contribution in [2.24, 2.45) is 0 Å². The highest BCUT2D eigenvalue weighted by atomic mass is 79.9. The summed E-state index contributed by atoms with van der Waals surface area (Å²) in [6, 6.07) is 12.0. The minimum atomic E-state index is -0.171. The zero-order chi connectivity index (χ0) is 14.0. The Hall–Kier alpha value is -0.510. The van der Waals surface area contributed by atoms with Crippen molar-refractivity contribution in [3.05, 3.63) is 62.0 Å². The van der Waals surface area contributed by atoms with Gasteiger partial charge in [-0.25, -0.2) is 0 Å². The smallest absolute Gasteiger partial charge is 0.133 e. The van der Waals surface area contributed by atoms with Gasteiger partial charge in [-0.15, -0.1) is 11.6 Å². The third-order valence-electron chi connectivity index (χ3n) is 2.97. The van der Waals surface area contributed by atoms with Gasteiger partial charge in [-0.05, 0) is 63.8 Å². The molecule has 2 aromatic carbocycles. The Morgan fingerprint density at radius 1 is 1.11 bits per heavy atom. The average molecular weight is 405 g/mol. The van der Waals surface area contributed by atoms with Crippen molar-refractivity contribution in [1.29, 1.82) is 0 Å². The molecule has 100 valence electrons. The summed E-state index contributed by atoms with van der Waals surface area (Å²) in [5.41, 5.74) is 3.32. The topological polar surface area (TPSA) is 9.23 Å². The first-order valence-electron chi connectivity index (χ1n) is 5.76. The number of ether oxygens (including phenoxy) is 1. The lowest BCUT2D eigenvalue weighted by atomic mass is 10.00. The van der Waals surface area contributed by atoms with Gasteiger partial charge in [0.15, 0.2) is 0 Å². The van der Waals surface area contributed by atoms with E-state index in [1.165, 1.54) is 5.56 Å². The molecule has 0 radical (unpaired) electrons. The number of hydrogen-bond acceptors (Lipinski definition) is 1. The van der Waals surface area contributed by atoms with Crippen molar-refractivity contribution in [2.45, 2.75) is 12.3 Å². The van der Waals surface area contributed by atoms with Gasteiger partial charge in [0.2, 0.25) is 0 Å². The van der Waals surface area contributed by atoms with Crippen molar-refractivity contribution in [3.8, 4) is 5.75 Å². The van der Waals surface area contributed by atoms with Gasteiger partial charge in [0.05, 0.1) is 17.0 Å². The summed E-state index contributed by atoms with van der Waals surface area (Å²) in [6.45, 7) is 2.06. The highest BCUT2D eigenvalue weighted by molar-refractivity contribution is 9.10. The molecule has 4 heteroatoms. The Balaban J connectivity index is 2.38. The van der Waals surface area contributed by atoms with E-state index in [1.54, 1.807) is 7.11 Å². The molecule has 1 atom stereocenters. The average Bonchev–Trinajstić information content (AvgIpc) is 2.38. The molecule has 0 aliphatic rings. The second kappa shape index (κ2) is 6.29. The van der Waals surface area contributed by atoms with Crippen LogP contribution in [-0.4, -0.2) is 7.11 Å². The lowest BCUT2D eigenvalue weighted by molar-refractivity contribution is 0.412. The van der Waals surface area contributed by atoms with Crippen molar-refractivity contribution in [1.82, 2.24) is 0 Å². The molecule has 0 spiro atoms. The molecule has 2 rings (SSSR count). The monoisotopic (exact) mass is 402 g/mol. The molecule has 0 N–H and O–H groups in total. The normalized spacial score (nSPS) is 12.3. The van der Waals surface area contributed by atoms with E-state index in [4.69, 9.17) is 16.3 Å². The predicted octanol–water partition coefficient (Wildman–Crippen LogP) is 5.86. The maximum Gasteiger partial charge on any atom is 0.133 e. The first-order chi connectivity index (χ1) is 9.02. The van der Waals surface area contributed by atoms with Crippen LogP contribution in [0.4, 0.5) is 0 Å². The molecular formula is C15H13Br2ClO. The van der Waals surface area contributed by atoms with Crippen molar-refractivity contribution >= 4 is 43.5 Å². The van der Waals surface area contributed by atoms with E-state index in [0.717, 1.165) is 25.8 Å². The van der Waals surface area contributed by atoms with Gasteiger partial charge in [-0.3, -0.25) is 0 Å². The number of halogens is 3. The summed E-state index contributed by atoms with van der Waals surface area (Å²) in [5.74, 6) is 0.806. The van der Waals surface area contributed by atoms with Gasteiger partial charge in [0, 0.05) is 4.47 Å². The Morgan fingerprint density at radius 3 is 2.42 bits per heavy atom. The van der Waals surface area contributed by atoms with Crippen LogP contribution in [0.3, 0.4) is 0 Å². The third-order valence-corrected chi connectivity index (χ3v) is 4.57. The van der Waals surface area contributed by atoms with Crippen molar-refractivity contribution in [2.75, 3.05) is 7.11 Å². The zero-order valence-electron chi connectivity index (χ0n) is 10.6. The number of hydrogen-bond donors (Lipinski definition) is 0. The van der Waals surface area contributed by atoms with Crippen molar-refractivity contribution in [3.63, 3.8) is 0 Å². The summed E-state index contributed by atoms with van der Waals surface area (Å²) < 4.78 is 7.20. The van der Waals surface area contributed by atoms with Crippen LogP contribution in [0.5, 0.6) is 5.75 Å². The Bertz CT molecular complexity index is 599. The number of methoxy groups -OCH3 is 1. The van der Waals surface area contributed by atoms with Crippen LogP contribution >= 0.6 is 43.5 Å². The van der Waals surface area contributed by atoms with Crippen LogP contribution in [-0.2, 0) is 0 Å². The molecule has 2 aromatic rings. The zero-order valence-corrected chi connectivity index (χ0v) is 14.5. The van der Waals surface area contributed by atoms with Crippen LogP contribution in [0.2, 0.25) is 0 Å². The summed E-state index contributed by atoms with van der Waals surface area (Å²) in [6.07, 6.45) is 0. The highest BCUT2D eigenvalue weighted by Gasteiger charge is 2.14. The van der Waals surface area contributed by atoms with Gasteiger partial charge in [0.1, 0.15) is 5.75 Å². The molecule has 0 aromatic heterocycles. The molecule has 0 saturated heterocycles. The quantitative estimate of drug-likeness (QED) is 0.583. The molecule has 1 unspecified atom stereocenters. The van der Waals surface area contributed by atoms with Gasteiger partial charge >= 0.3 is 0 Å². The molecule has 0 aliphatic heterocycles. The lowest BCUT2D eigenvalue weighted by Crippen LogP contribution is -1.97. The summed E-state index contributed by atoms with van der Waals surface area (Å²) in [5, 5.41) is -0.171. The molecule has 0 aliphatic carbocycles. The predicted molar refractivity (Wildman–Crippen MR) is 87.3 cm³/mol. The van der Waals surface area contributed by atoms with E-state index in [2.05, 4.69) is 50.9 Å². The number of benzene rings is 2. The summed E-state index contributed by atoms with van der Waals surface area (Å²) in [4.78, 5) is 0. The number of rotatable bonds is 3. The SMILES string of the molecule is COc1ccc(C(Cl)c2ccc(Br)cc2C)cc1Br. The van der Waals surface area contributed by atoms with Crippen LogP contribution < -0.4 is 4.74 Å². The molecule has 19 heavy (non-hydrogen) atoms. The van der Waals surface area contributed by atoms with E-state index >= 15 is 0 Å². The van der Waals surface area contributed by atoms with Crippen LogP contribution in [0.1, 0.15) is 22.1 Å². The number of aryl methyl sites for hydroxylation is 1. The van der Waals surface area contributed by atoms with Gasteiger partial charge in [0.25, 0.3) is 0 Å². The maximum atomic E-state index is 6.58. The molecule has 1 nitrogen and oxygen atoms in total. The van der Waals surface area contributed by atoms with Crippen LogP contribution in [0.15, 0.2) is 45.3 Å². The van der Waals surface area contributed by atoms with Gasteiger partial charge < -0.3 is 4.74 Å². The molecule has 0 fully saturated rings. The molecular weight excluding hydrogens is 391 g/mol. The standard InChI is InChI=1S/C15H13Br2ClO/c1-9-7-11(16)4-5-12(9)15(18)10-3-6-14(19-2)13(17)8-10/h3-8,15H,1-2H3. The summed E-state index contributed by atoms with van der Waals surface area (Å²) in [7, 11) is 1.65. The molecule has 0 heterocycles. The highest BCUT2D eigenvalue weighted by Crippen LogP contribution is 2.35. The summed E-state index contributed by atoms with van der Waals surface area (Å²) >= 11 is 13.5. The largest absolute Gasteiger partial charge is 0.496 e. The fraction of sp³-hybridized carbons (Fsp3) is 0.200. The second-order valence-electron chi connectivity index (χ2n) is 4.26. The fourth-order valence-electron chi connectivity index (χ4n) is 1.94. The van der Waals surface area contributed by atoms with E-state index in [9.17, 15) is 0 Å². The van der Waals surface area contributed by atoms with Crippen LogP contribution in [0.25, 0.3) is 0 Å². The minimum absolute atomic E-state index is 0.171. The van der Waals surface area contributed by atoms with E-state index in [0.29, 0.717) is 0 Å². The second-order valence-corrected chi connectivity index (χ2v) is 6.46. The van der Waals surface area contributed by atoms with E-state index in [-0.39, 0.29) is 5.38 Å². The number of alkyl halides is 1.